The second kappa shape index (κ2) is 14.6. The fourth-order valence-electron chi connectivity index (χ4n) is 3.29. The van der Waals surface area contributed by atoms with Gasteiger partial charge in [0, 0.05) is 26.2 Å². The lowest BCUT2D eigenvalue weighted by Crippen LogP contribution is -2.48. The number of hydrogen-bond acceptors (Lipinski definition) is 3. The van der Waals surface area contributed by atoms with Crippen LogP contribution in [-0.2, 0) is 0 Å². The summed E-state index contributed by atoms with van der Waals surface area (Å²) in [5.41, 5.74) is 0. The summed E-state index contributed by atoms with van der Waals surface area (Å²) in [7, 11) is 6.28. The third-order valence-electron chi connectivity index (χ3n) is 4.63. The molecule has 0 aromatic heterocycles. The summed E-state index contributed by atoms with van der Waals surface area (Å²) < 4.78 is 0. The van der Waals surface area contributed by atoms with Crippen LogP contribution in [0.1, 0.15) is 44.9 Å². The highest BCUT2D eigenvalue weighted by molar-refractivity contribution is 14.0. The van der Waals surface area contributed by atoms with Crippen molar-refractivity contribution in [3.63, 3.8) is 0 Å². The Morgan fingerprint density at radius 3 is 2.43 bits per heavy atom. The standard InChI is InChI=1S/C17H36N4S.HI/c1-18-17(19-12-8-9-13-22-4)20-14-16(21(2)3)15-10-6-5-7-11-15;/h15-16H,5-14H2,1-4H3,(H2,18,19,20);1H. The van der Waals surface area contributed by atoms with Crippen LogP contribution in [0, 0.1) is 5.92 Å². The molecular weight excluding hydrogens is 419 g/mol. The molecule has 1 fully saturated rings. The molecule has 1 aliphatic rings. The Balaban J connectivity index is 0.00000484. The molecule has 0 aliphatic heterocycles. The number of halogens is 1. The minimum absolute atomic E-state index is 0. The van der Waals surface area contributed by atoms with Gasteiger partial charge >= 0.3 is 0 Å². The summed E-state index contributed by atoms with van der Waals surface area (Å²) in [5, 5.41) is 6.97. The largest absolute Gasteiger partial charge is 0.356 e. The Morgan fingerprint density at radius 2 is 1.87 bits per heavy atom. The molecule has 23 heavy (non-hydrogen) atoms. The maximum atomic E-state index is 4.35. The molecule has 1 unspecified atom stereocenters. The molecule has 0 amide bonds. The molecule has 1 rings (SSSR count). The number of likely N-dealkylation sites (N-methyl/N-ethyl adjacent to an activating group) is 1. The average Bonchev–Trinajstić information content (AvgIpc) is 2.53. The molecule has 4 nitrogen and oxygen atoms in total. The van der Waals surface area contributed by atoms with Crippen LogP contribution in [-0.4, -0.2) is 63.1 Å². The number of rotatable bonds is 9. The van der Waals surface area contributed by atoms with Gasteiger partial charge in [0.05, 0.1) is 0 Å². The van der Waals surface area contributed by atoms with Gasteiger partial charge in [-0.05, 0) is 57.7 Å². The zero-order chi connectivity index (χ0) is 16.2. The second-order valence-electron chi connectivity index (χ2n) is 6.51. The highest BCUT2D eigenvalue weighted by Crippen LogP contribution is 2.27. The third kappa shape index (κ3) is 10.0. The fourth-order valence-corrected chi connectivity index (χ4v) is 3.78. The lowest BCUT2D eigenvalue weighted by Gasteiger charge is -2.35. The van der Waals surface area contributed by atoms with Crippen LogP contribution in [0.5, 0.6) is 0 Å². The van der Waals surface area contributed by atoms with E-state index in [1.54, 1.807) is 0 Å². The zero-order valence-corrected chi connectivity index (χ0v) is 18.6. The van der Waals surface area contributed by atoms with Gasteiger partial charge in [0.1, 0.15) is 0 Å². The molecule has 0 bridgehead atoms. The van der Waals surface area contributed by atoms with E-state index in [9.17, 15) is 0 Å². The number of guanidine groups is 1. The van der Waals surface area contributed by atoms with Crippen LogP contribution in [0.3, 0.4) is 0 Å². The monoisotopic (exact) mass is 456 g/mol. The number of thioether (sulfide) groups is 1. The molecule has 0 radical (unpaired) electrons. The van der Waals surface area contributed by atoms with Gasteiger partial charge in [-0.3, -0.25) is 4.99 Å². The van der Waals surface area contributed by atoms with Gasteiger partial charge in [-0.2, -0.15) is 11.8 Å². The topological polar surface area (TPSA) is 39.7 Å². The summed E-state index contributed by atoms with van der Waals surface area (Å²) in [6.07, 6.45) is 11.6. The molecule has 0 aromatic carbocycles. The molecule has 0 saturated heterocycles. The molecule has 0 spiro atoms. The molecule has 0 heterocycles. The van der Waals surface area contributed by atoms with Crippen molar-refractivity contribution in [2.24, 2.45) is 10.9 Å². The minimum Gasteiger partial charge on any atom is -0.356 e. The Hall–Kier alpha value is 0.310. The first-order valence-corrected chi connectivity index (χ1v) is 10.2. The molecule has 1 saturated carbocycles. The van der Waals surface area contributed by atoms with Crippen LogP contribution in [0.2, 0.25) is 0 Å². The maximum absolute atomic E-state index is 4.35. The molecule has 0 aromatic rings. The Labute approximate surface area is 165 Å². The van der Waals surface area contributed by atoms with Crippen molar-refractivity contribution >= 4 is 41.7 Å². The van der Waals surface area contributed by atoms with E-state index in [0.717, 1.165) is 25.0 Å². The summed E-state index contributed by atoms with van der Waals surface area (Å²) in [5.74, 6) is 3.03. The number of nitrogens with one attached hydrogen (secondary N) is 2. The van der Waals surface area contributed by atoms with Crippen molar-refractivity contribution in [3.8, 4) is 0 Å². The first-order valence-electron chi connectivity index (χ1n) is 8.79. The van der Waals surface area contributed by atoms with Gasteiger partial charge in [0.25, 0.3) is 0 Å². The van der Waals surface area contributed by atoms with Gasteiger partial charge in [-0.15, -0.1) is 24.0 Å². The number of nitrogens with zero attached hydrogens (tertiary/aromatic N) is 2. The first-order chi connectivity index (χ1) is 10.7. The summed E-state index contributed by atoms with van der Waals surface area (Å²) >= 11 is 1.92. The summed E-state index contributed by atoms with van der Waals surface area (Å²) in [4.78, 5) is 6.74. The molecular formula is C17H37IN4S. The van der Waals surface area contributed by atoms with Crippen molar-refractivity contribution < 1.29 is 0 Å². The van der Waals surface area contributed by atoms with E-state index < -0.39 is 0 Å². The number of unbranched alkanes of at least 4 members (excludes halogenated alkanes) is 1. The summed E-state index contributed by atoms with van der Waals surface area (Å²) in [6, 6.07) is 0.607. The van der Waals surface area contributed by atoms with Gasteiger partial charge in [-0.25, -0.2) is 0 Å². The maximum Gasteiger partial charge on any atom is 0.191 e. The summed E-state index contributed by atoms with van der Waals surface area (Å²) in [6.45, 7) is 2.00. The van der Waals surface area contributed by atoms with Crippen molar-refractivity contribution in [3.05, 3.63) is 0 Å². The van der Waals surface area contributed by atoms with E-state index in [1.165, 1.54) is 50.7 Å². The average molecular weight is 456 g/mol. The van der Waals surface area contributed by atoms with Crippen LogP contribution in [0.15, 0.2) is 4.99 Å². The number of aliphatic imine (C=N–C) groups is 1. The van der Waals surface area contributed by atoms with E-state index in [1.807, 2.05) is 18.8 Å². The first kappa shape index (κ1) is 23.3. The predicted molar refractivity (Wildman–Crippen MR) is 116 cm³/mol. The van der Waals surface area contributed by atoms with Crippen molar-refractivity contribution in [2.45, 2.75) is 51.0 Å². The molecule has 138 valence electrons. The lowest BCUT2D eigenvalue weighted by molar-refractivity contribution is 0.171. The van der Waals surface area contributed by atoms with Crippen molar-refractivity contribution in [2.75, 3.05) is 46.2 Å². The normalized spacial score (nSPS) is 17.7. The smallest absolute Gasteiger partial charge is 0.191 e. The van der Waals surface area contributed by atoms with Crippen LogP contribution in [0.25, 0.3) is 0 Å². The second-order valence-corrected chi connectivity index (χ2v) is 7.49. The predicted octanol–water partition coefficient (Wildman–Crippen LogP) is 3.42. The molecule has 2 N–H and O–H groups in total. The van der Waals surface area contributed by atoms with E-state index in [-0.39, 0.29) is 24.0 Å². The van der Waals surface area contributed by atoms with Gasteiger partial charge < -0.3 is 15.5 Å². The minimum atomic E-state index is 0. The third-order valence-corrected chi connectivity index (χ3v) is 5.32. The highest BCUT2D eigenvalue weighted by atomic mass is 127. The molecule has 6 heteroatoms. The number of hydrogen-bond donors (Lipinski definition) is 2. The van der Waals surface area contributed by atoms with Crippen LogP contribution >= 0.6 is 35.7 Å². The van der Waals surface area contributed by atoms with Gasteiger partial charge in [0.15, 0.2) is 5.96 Å². The molecule has 1 atom stereocenters. The van der Waals surface area contributed by atoms with E-state index in [4.69, 9.17) is 0 Å². The van der Waals surface area contributed by atoms with Gasteiger partial charge in [0.2, 0.25) is 0 Å². The lowest BCUT2D eigenvalue weighted by atomic mass is 9.83. The fraction of sp³-hybridized carbons (Fsp3) is 0.941. The van der Waals surface area contributed by atoms with Gasteiger partial charge in [-0.1, -0.05) is 19.3 Å². The van der Waals surface area contributed by atoms with E-state index >= 15 is 0 Å². The van der Waals surface area contributed by atoms with Crippen LogP contribution in [0.4, 0.5) is 0 Å². The quantitative estimate of drug-likeness (QED) is 0.242. The Kier molecular flexibility index (Phi) is 14.8. The zero-order valence-electron chi connectivity index (χ0n) is 15.4. The van der Waals surface area contributed by atoms with Crippen molar-refractivity contribution in [1.29, 1.82) is 0 Å². The van der Waals surface area contributed by atoms with Crippen molar-refractivity contribution in [1.82, 2.24) is 15.5 Å². The van der Waals surface area contributed by atoms with Crippen LogP contribution < -0.4 is 10.6 Å². The Morgan fingerprint density at radius 1 is 1.17 bits per heavy atom. The Bertz CT molecular complexity index is 307. The highest BCUT2D eigenvalue weighted by Gasteiger charge is 2.25. The SMILES string of the molecule is CN=C(NCCCCSC)NCC(C1CCCCC1)N(C)C.I. The molecule has 1 aliphatic carbocycles. The van der Waals surface area contributed by atoms with E-state index in [0.29, 0.717) is 6.04 Å². The van der Waals surface area contributed by atoms with E-state index in [2.05, 4.69) is 40.9 Å².